The fourth-order valence-corrected chi connectivity index (χ4v) is 2.52. The number of rotatable bonds is 3. The molecule has 1 N–H and O–H groups in total. The largest absolute Gasteiger partial charge is 0.317 e. The third-order valence-electron chi connectivity index (χ3n) is 3.38. The molecule has 0 amide bonds. The molecule has 2 rings (SSSR count). The molecule has 0 atom stereocenters. The molecule has 0 aromatic heterocycles. The summed E-state index contributed by atoms with van der Waals surface area (Å²) in [7, 11) is 0. The summed E-state index contributed by atoms with van der Waals surface area (Å²) in [5.41, 5.74) is 2.58. The lowest BCUT2D eigenvalue weighted by Gasteiger charge is -2.25. The summed E-state index contributed by atoms with van der Waals surface area (Å²) in [5, 5.41) is 3.39. The Bertz CT molecular complexity index is 374. The summed E-state index contributed by atoms with van der Waals surface area (Å²) in [4.78, 5) is 0. The average Bonchev–Trinajstić information content (AvgIpc) is 2.38. The Balaban J connectivity index is 2.22. The highest BCUT2D eigenvalue weighted by Crippen LogP contribution is 2.30. The summed E-state index contributed by atoms with van der Waals surface area (Å²) in [6.45, 7) is 4.34. The maximum atomic E-state index is 12.9. The molecule has 1 nitrogen and oxygen atoms in total. The molecule has 0 radical (unpaired) electrons. The third-order valence-corrected chi connectivity index (χ3v) is 3.38. The van der Waals surface area contributed by atoms with Gasteiger partial charge in [0, 0.05) is 0 Å². The van der Waals surface area contributed by atoms with E-state index in [-0.39, 0.29) is 5.82 Å². The van der Waals surface area contributed by atoms with Gasteiger partial charge in [0.1, 0.15) is 5.82 Å². The molecule has 0 bridgehead atoms. The molecule has 1 fully saturated rings. The third kappa shape index (κ3) is 3.16. The Morgan fingerprint density at radius 3 is 2.53 bits per heavy atom. The van der Waals surface area contributed by atoms with Crippen LogP contribution in [0.3, 0.4) is 0 Å². The Hall–Kier alpha value is -1.15. The van der Waals surface area contributed by atoms with Crippen molar-refractivity contribution in [1.82, 2.24) is 5.32 Å². The molecule has 1 aromatic rings. The van der Waals surface area contributed by atoms with Crippen LogP contribution in [-0.2, 0) is 0 Å². The van der Waals surface area contributed by atoms with Crippen LogP contribution in [0.1, 0.15) is 31.7 Å². The predicted octanol–water partition coefficient (Wildman–Crippen LogP) is 3.62. The highest BCUT2D eigenvalue weighted by Gasteiger charge is 2.18. The molecule has 1 aliphatic heterocycles. The van der Waals surface area contributed by atoms with E-state index in [4.69, 9.17) is 0 Å². The SMILES string of the molecule is CCC=C(c1ccc(F)cc1)C1CCNCC1. The van der Waals surface area contributed by atoms with Crippen LogP contribution in [0.5, 0.6) is 0 Å². The van der Waals surface area contributed by atoms with E-state index in [9.17, 15) is 4.39 Å². The Kier molecular flexibility index (Phi) is 4.32. The second kappa shape index (κ2) is 5.97. The lowest BCUT2D eigenvalue weighted by Crippen LogP contribution is -2.28. The van der Waals surface area contributed by atoms with Crippen LogP contribution < -0.4 is 5.32 Å². The van der Waals surface area contributed by atoms with Gasteiger partial charge < -0.3 is 5.32 Å². The highest BCUT2D eigenvalue weighted by atomic mass is 19.1. The van der Waals surface area contributed by atoms with Crippen LogP contribution in [0.4, 0.5) is 4.39 Å². The number of hydrogen-bond acceptors (Lipinski definition) is 1. The maximum Gasteiger partial charge on any atom is 0.123 e. The monoisotopic (exact) mass is 233 g/mol. The molecule has 0 saturated carbocycles. The second-order valence-electron chi connectivity index (χ2n) is 4.60. The van der Waals surface area contributed by atoms with E-state index in [1.807, 2.05) is 12.1 Å². The summed E-state index contributed by atoms with van der Waals surface area (Å²) in [5.74, 6) is 0.469. The van der Waals surface area contributed by atoms with Gasteiger partial charge in [0.2, 0.25) is 0 Å². The zero-order chi connectivity index (χ0) is 12.1. The van der Waals surface area contributed by atoms with E-state index >= 15 is 0 Å². The van der Waals surface area contributed by atoms with Crippen LogP contribution in [0.25, 0.3) is 5.57 Å². The van der Waals surface area contributed by atoms with E-state index in [1.165, 1.54) is 24.0 Å². The molecule has 0 aliphatic carbocycles. The quantitative estimate of drug-likeness (QED) is 0.840. The van der Waals surface area contributed by atoms with Gasteiger partial charge in [0.15, 0.2) is 0 Å². The van der Waals surface area contributed by atoms with Crippen molar-refractivity contribution >= 4 is 5.57 Å². The standard InChI is InChI=1S/C15H20FN/c1-2-3-15(13-8-10-17-11-9-13)12-4-6-14(16)7-5-12/h3-7,13,17H,2,8-11H2,1H3. The minimum absolute atomic E-state index is 0.157. The Morgan fingerprint density at radius 2 is 1.94 bits per heavy atom. The molecule has 0 spiro atoms. The minimum atomic E-state index is -0.157. The summed E-state index contributed by atoms with van der Waals surface area (Å²) in [6, 6.07) is 6.91. The first kappa shape index (κ1) is 12.3. The van der Waals surface area contributed by atoms with E-state index in [2.05, 4.69) is 18.3 Å². The van der Waals surface area contributed by atoms with Crippen molar-refractivity contribution in [3.8, 4) is 0 Å². The number of piperidine rings is 1. The second-order valence-corrected chi connectivity index (χ2v) is 4.60. The normalized spacial score (nSPS) is 18.4. The van der Waals surface area contributed by atoms with Gasteiger partial charge in [-0.1, -0.05) is 25.1 Å². The average molecular weight is 233 g/mol. The van der Waals surface area contributed by atoms with E-state index in [0.29, 0.717) is 5.92 Å². The van der Waals surface area contributed by atoms with Crippen LogP contribution in [0.2, 0.25) is 0 Å². The number of benzene rings is 1. The van der Waals surface area contributed by atoms with Crippen molar-refractivity contribution in [3.05, 3.63) is 41.7 Å². The molecule has 1 saturated heterocycles. The topological polar surface area (TPSA) is 12.0 Å². The van der Waals surface area contributed by atoms with Gasteiger partial charge in [0.25, 0.3) is 0 Å². The fraction of sp³-hybridized carbons (Fsp3) is 0.467. The first-order chi connectivity index (χ1) is 8.31. The first-order valence-electron chi connectivity index (χ1n) is 6.48. The van der Waals surface area contributed by atoms with Crippen molar-refractivity contribution in [2.45, 2.75) is 26.2 Å². The van der Waals surface area contributed by atoms with E-state index in [0.717, 1.165) is 19.5 Å². The summed E-state index contributed by atoms with van der Waals surface area (Å²) in [6.07, 6.45) is 5.70. The zero-order valence-corrected chi connectivity index (χ0v) is 10.4. The van der Waals surface area contributed by atoms with Crippen LogP contribution >= 0.6 is 0 Å². The van der Waals surface area contributed by atoms with Crippen molar-refractivity contribution in [3.63, 3.8) is 0 Å². The van der Waals surface area contributed by atoms with Gasteiger partial charge in [-0.2, -0.15) is 0 Å². The molecule has 1 aromatic carbocycles. The van der Waals surface area contributed by atoms with Crippen molar-refractivity contribution in [2.24, 2.45) is 5.92 Å². The highest BCUT2D eigenvalue weighted by molar-refractivity contribution is 5.67. The van der Waals surface area contributed by atoms with Crippen molar-refractivity contribution in [2.75, 3.05) is 13.1 Å². The van der Waals surface area contributed by atoms with Gasteiger partial charge in [-0.25, -0.2) is 4.39 Å². The number of hydrogen-bond donors (Lipinski definition) is 1. The summed E-state index contributed by atoms with van der Waals surface area (Å²) < 4.78 is 12.9. The first-order valence-corrected chi connectivity index (χ1v) is 6.48. The smallest absolute Gasteiger partial charge is 0.123 e. The van der Waals surface area contributed by atoms with Gasteiger partial charge in [-0.15, -0.1) is 0 Å². The predicted molar refractivity (Wildman–Crippen MR) is 70.3 cm³/mol. The minimum Gasteiger partial charge on any atom is -0.317 e. The van der Waals surface area contributed by atoms with Gasteiger partial charge in [0.05, 0.1) is 0 Å². The van der Waals surface area contributed by atoms with Gasteiger partial charge in [-0.05, 0) is 61.5 Å². The zero-order valence-electron chi connectivity index (χ0n) is 10.4. The van der Waals surface area contributed by atoms with Gasteiger partial charge >= 0.3 is 0 Å². The Labute approximate surface area is 103 Å². The molecule has 0 unspecified atom stereocenters. The maximum absolute atomic E-state index is 12.9. The molecular weight excluding hydrogens is 213 g/mol. The van der Waals surface area contributed by atoms with Gasteiger partial charge in [-0.3, -0.25) is 0 Å². The van der Waals surface area contributed by atoms with E-state index in [1.54, 1.807) is 12.1 Å². The van der Waals surface area contributed by atoms with Crippen LogP contribution in [0, 0.1) is 11.7 Å². The lowest BCUT2D eigenvalue weighted by molar-refractivity contribution is 0.446. The molecule has 1 aliphatic rings. The van der Waals surface area contributed by atoms with Crippen molar-refractivity contribution < 1.29 is 4.39 Å². The van der Waals surface area contributed by atoms with Crippen LogP contribution in [0.15, 0.2) is 30.3 Å². The fourth-order valence-electron chi connectivity index (χ4n) is 2.52. The molecule has 17 heavy (non-hydrogen) atoms. The molecular formula is C15H20FN. The molecule has 1 heterocycles. The molecule has 2 heteroatoms. The number of nitrogens with one attached hydrogen (secondary N) is 1. The lowest BCUT2D eigenvalue weighted by atomic mass is 9.85. The van der Waals surface area contributed by atoms with Crippen molar-refractivity contribution in [1.29, 1.82) is 0 Å². The summed E-state index contributed by atoms with van der Waals surface area (Å²) >= 11 is 0. The van der Waals surface area contributed by atoms with Crippen LogP contribution in [-0.4, -0.2) is 13.1 Å². The molecule has 92 valence electrons. The number of halogens is 1. The van der Waals surface area contributed by atoms with E-state index < -0.39 is 0 Å². The Morgan fingerprint density at radius 1 is 1.29 bits per heavy atom. The number of allylic oxidation sites excluding steroid dienone is 2.